The highest BCUT2D eigenvalue weighted by atomic mass is 16.7. The molecular weight excluding hydrogens is 328 g/mol. The summed E-state index contributed by atoms with van der Waals surface area (Å²) in [5.74, 6) is -1.90. The van der Waals surface area contributed by atoms with Crippen molar-refractivity contribution in [1.29, 1.82) is 0 Å². The van der Waals surface area contributed by atoms with E-state index in [1.165, 1.54) is 24.3 Å². The third-order valence-corrected chi connectivity index (χ3v) is 5.06. The molecule has 3 aliphatic rings. The van der Waals surface area contributed by atoms with Gasteiger partial charge in [-0.15, -0.1) is 0 Å². The van der Waals surface area contributed by atoms with E-state index in [9.17, 15) is 24.9 Å². The molecule has 0 aromatic heterocycles. The van der Waals surface area contributed by atoms with Gasteiger partial charge in [0.25, 0.3) is 0 Å². The molecule has 2 heterocycles. The van der Waals surface area contributed by atoms with E-state index >= 15 is 0 Å². The molecule has 0 radical (unpaired) electrons. The number of ether oxygens (including phenoxy) is 2. The topological polar surface area (TPSA) is 113 Å². The van der Waals surface area contributed by atoms with E-state index in [0.717, 1.165) is 0 Å². The van der Waals surface area contributed by atoms with Crippen LogP contribution in [0, 0.1) is 0 Å². The number of phenols is 2. The molecule has 2 aliphatic heterocycles. The molecule has 25 heavy (non-hydrogen) atoms. The van der Waals surface area contributed by atoms with Crippen molar-refractivity contribution in [3.05, 3.63) is 52.1 Å². The predicted octanol–water partition coefficient (Wildman–Crippen LogP) is 1.20. The van der Waals surface area contributed by atoms with Crippen molar-refractivity contribution in [2.24, 2.45) is 0 Å². The van der Waals surface area contributed by atoms with Crippen LogP contribution in [0.5, 0.6) is 17.2 Å². The molecule has 126 valence electrons. The van der Waals surface area contributed by atoms with E-state index in [4.69, 9.17) is 9.47 Å². The second-order valence-electron chi connectivity index (χ2n) is 6.37. The maximum absolute atomic E-state index is 12.9. The van der Waals surface area contributed by atoms with E-state index in [1.54, 1.807) is 0 Å². The number of carbonyl (C=O) groups excluding carboxylic acids is 2. The van der Waals surface area contributed by atoms with Crippen molar-refractivity contribution in [3.63, 3.8) is 0 Å². The molecule has 5 rings (SSSR count). The smallest absolute Gasteiger partial charge is 0.233 e. The minimum absolute atomic E-state index is 0.0251. The maximum atomic E-state index is 12.9. The van der Waals surface area contributed by atoms with Crippen molar-refractivity contribution < 1.29 is 34.4 Å². The van der Waals surface area contributed by atoms with Crippen molar-refractivity contribution in [1.82, 2.24) is 0 Å². The zero-order valence-corrected chi connectivity index (χ0v) is 12.8. The third kappa shape index (κ3) is 1.57. The molecule has 1 saturated heterocycles. The summed E-state index contributed by atoms with van der Waals surface area (Å²) in [4.78, 5) is 25.6. The second-order valence-corrected chi connectivity index (χ2v) is 6.37. The van der Waals surface area contributed by atoms with Gasteiger partial charge in [0.05, 0.1) is 23.3 Å². The van der Waals surface area contributed by atoms with Gasteiger partial charge in [-0.05, 0) is 12.1 Å². The van der Waals surface area contributed by atoms with Gasteiger partial charge >= 0.3 is 0 Å². The van der Waals surface area contributed by atoms with Crippen molar-refractivity contribution in [3.8, 4) is 17.2 Å². The van der Waals surface area contributed by atoms with Crippen molar-refractivity contribution in [2.45, 2.75) is 18.3 Å². The number of benzene rings is 2. The average molecular weight is 340 g/mol. The molecule has 2 aromatic rings. The normalized spacial score (nSPS) is 25.9. The number of hydrogen-bond donors (Lipinski definition) is 3. The quantitative estimate of drug-likeness (QED) is 0.563. The first-order chi connectivity index (χ1) is 11.9. The van der Waals surface area contributed by atoms with Crippen LogP contribution in [0.1, 0.15) is 43.8 Å². The molecule has 1 aliphatic carbocycles. The van der Waals surface area contributed by atoms with Gasteiger partial charge in [0.15, 0.2) is 11.4 Å². The Bertz CT molecular complexity index is 993. The van der Waals surface area contributed by atoms with Gasteiger partial charge in [-0.1, -0.05) is 12.1 Å². The van der Waals surface area contributed by atoms with Crippen LogP contribution < -0.4 is 4.74 Å². The summed E-state index contributed by atoms with van der Waals surface area (Å²) in [5, 5.41) is 31.5. The highest BCUT2D eigenvalue weighted by molar-refractivity contribution is 6.30. The minimum atomic E-state index is -1.57. The van der Waals surface area contributed by atoms with Gasteiger partial charge in [0.2, 0.25) is 12.1 Å². The Morgan fingerprint density at radius 3 is 2.68 bits per heavy atom. The van der Waals surface area contributed by atoms with Crippen molar-refractivity contribution >= 4 is 11.6 Å². The molecule has 7 heteroatoms. The van der Waals surface area contributed by atoms with E-state index in [2.05, 4.69) is 0 Å². The van der Waals surface area contributed by atoms with Gasteiger partial charge in [-0.3, -0.25) is 9.59 Å². The summed E-state index contributed by atoms with van der Waals surface area (Å²) in [6, 6.07) is 5.55. The Labute approximate surface area is 141 Å². The number of aliphatic hydroxyl groups is 1. The Hall–Kier alpha value is -2.90. The first kappa shape index (κ1) is 14.4. The lowest BCUT2D eigenvalue weighted by atomic mass is 9.80. The van der Waals surface area contributed by atoms with Gasteiger partial charge in [-0.2, -0.15) is 0 Å². The largest absolute Gasteiger partial charge is 0.507 e. The standard InChI is InChI=1S/C18H12O7/c19-9-3-1-2-7-11(9)15(21)12-8(14(7)20)6-10-13(16(12)22)18(23)4-5-24-17(18)25-10/h1-3,6,17,19,22-23H,4-5H2/t17-,18-/m1/s1. The fourth-order valence-corrected chi connectivity index (χ4v) is 3.87. The van der Waals surface area contributed by atoms with Crippen LogP contribution in [0.3, 0.4) is 0 Å². The highest BCUT2D eigenvalue weighted by Crippen LogP contribution is 2.54. The molecule has 3 N–H and O–H groups in total. The number of fused-ring (bicyclic) bond motifs is 5. The Morgan fingerprint density at radius 2 is 1.88 bits per heavy atom. The first-order valence-electron chi connectivity index (χ1n) is 7.76. The van der Waals surface area contributed by atoms with Gasteiger partial charge in [-0.25, -0.2) is 0 Å². The molecule has 2 atom stereocenters. The van der Waals surface area contributed by atoms with Gasteiger partial charge < -0.3 is 24.8 Å². The molecule has 0 saturated carbocycles. The Kier molecular flexibility index (Phi) is 2.53. The third-order valence-electron chi connectivity index (χ3n) is 5.06. The molecule has 1 fully saturated rings. The minimum Gasteiger partial charge on any atom is -0.507 e. The van der Waals surface area contributed by atoms with E-state index in [1.807, 2.05) is 0 Å². The number of rotatable bonds is 0. The summed E-state index contributed by atoms with van der Waals surface area (Å²) in [6.07, 6.45) is -0.792. The summed E-state index contributed by atoms with van der Waals surface area (Å²) in [5.41, 5.74) is -1.87. The monoisotopic (exact) mass is 340 g/mol. The molecule has 0 amide bonds. The second kappa shape index (κ2) is 4.38. The molecule has 7 nitrogen and oxygen atoms in total. The van der Waals surface area contributed by atoms with Crippen LogP contribution in [0.2, 0.25) is 0 Å². The van der Waals surface area contributed by atoms with Gasteiger partial charge in [0, 0.05) is 17.5 Å². The van der Waals surface area contributed by atoms with Crippen LogP contribution in [-0.4, -0.2) is 39.8 Å². The number of phenolic OH excluding ortho intramolecular Hbond substituents is 2. The molecule has 2 aromatic carbocycles. The van der Waals surface area contributed by atoms with Crippen LogP contribution in [-0.2, 0) is 10.3 Å². The SMILES string of the molecule is O=C1c2cccc(O)c2C(=O)c2c1cc1c(c2O)[C@]2(O)CCO[C@@H]2O1. The lowest BCUT2D eigenvalue weighted by Gasteiger charge is -2.23. The fourth-order valence-electron chi connectivity index (χ4n) is 3.87. The number of hydrogen-bond acceptors (Lipinski definition) is 7. The zero-order chi connectivity index (χ0) is 17.5. The van der Waals surface area contributed by atoms with Crippen LogP contribution in [0.4, 0.5) is 0 Å². The predicted molar refractivity (Wildman–Crippen MR) is 82.0 cm³/mol. The summed E-state index contributed by atoms with van der Waals surface area (Å²) >= 11 is 0. The van der Waals surface area contributed by atoms with Crippen LogP contribution in [0.15, 0.2) is 24.3 Å². The lowest BCUT2D eigenvalue weighted by Crippen LogP contribution is -2.33. The lowest BCUT2D eigenvalue weighted by molar-refractivity contribution is -0.123. The summed E-state index contributed by atoms with van der Waals surface area (Å²) in [7, 11) is 0. The van der Waals surface area contributed by atoms with Crippen LogP contribution >= 0.6 is 0 Å². The summed E-state index contributed by atoms with van der Waals surface area (Å²) in [6.45, 7) is 0.244. The number of carbonyl (C=O) groups is 2. The zero-order valence-electron chi connectivity index (χ0n) is 12.8. The average Bonchev–Trinajstić information content (AvgIpc) is 3.05. The van der Waals surface area contributed by atoms with E-state index in [0.29, 0.717) is 0 Å². The molecular formula is C18H12O7. The first-order valence-corrected chi connectivity index (χ1v) is 7.76. The Balaban J connectivity index is 1.82. The molecule has 0 spiro atoms. The molecule has 0 bridgehead atoms. The van der Waals surface area contributed by atoms with Gasteiger partial charge in [0.1, 0.15) is 17.2 Å². The number of aromatic hydroxyl groups is 2. The number of ketones is 2. The molecule has 0 unspecified atom stereocenters. The Morgan fingerprint density at radius 1 is 1.08 bits per heavy atom. The highest BCUT2D eigenvalue weighted by Gasteiger charge is 2.55. The maximum Gasteiger partial charge on any atom is 0.233 e. The summed E-state index contributed by atoms with van der Waals surface area (Å²) < 4.78 is 10.9. The van der Waals surface area contributed by atoms with E-state index in [-0.39, 0.29) is 52.3 Å². The van der Waals surface area contributed by atoms with Crippen molar-refractivity contribution in [2.75, 3.05) is 6.61 Å². The van der Waals surface area contributed by atoms with Crippen LogP contribution in [0.25, 0.3) is 0 Å². The van der Waals surface area contributed by atoms with E-state index < -0.39 is 29.2 Å². The fraction of sp³-hybridized carbons (Fsp3) is 0.222.